The highest BCUT2D eigenvalue weighted by atomic mass is 19.1. The highest BCUT2D eigenvalue weighted by molar-refractivity contribution is 5.79. The van der Waals surface area contributed by atoms with E-state index in [1.807, 2.05) is 11.9 Å². The highest BCUT2D eigenvalue weighted by Gasteiger charge is 2.14. The van der Waals surface area contributed by atoms with E-state index in [9.17, 15) is 4.39 Å². The van der Waals surface area contributed by atoms with Gasteiger partial charge in [0.25, 0.3) is 0 Å². The zero-order chi connectivity index (χ0) is 18.8. The molecule has 0 aliphatic carbocycles. The topological polar surface area (TPSA) is 49.3 Å². The fourth-order valence-corrected chi connectivity index (χ4v) is 2.88. The number of nitrogens with zero attached hydrogens (tertiary/aromatic N) is 3. The van der Waals surface area contributed by atoms with E-state index in [2.05, 4.69) is 22.1 Å². The largest absolute Gasteiger partial charge is 0.492 e. The van der Waals surface area contributed by atoms with Crippen molar-refractivity contribution in [2.24, 2.45) is 10.9 Å². The molecule has 1 unspecified atom stereocenters. The third-order valence-corrected chi connectivity index (χ3v) is 4.36. The molecule has 0 radical (unpaired) electrons. The van der Waals surface area contributed by atoms with E-state index in [0.29, 0.717) is 24.8 Å². The first-order valence-electron chi connectivity index (χ1n) is 9.18. The molecule has 2 rings (SSSR count). The maximum atomic E-state index is 12.9. The number of ether oxygens (including phenoxy) is 2. The van der Waals surface area contributed by atoms with Gasteiger partial charge in [-0.15, -0.1) is 0 Å². The molecular weight excluding hydrogens is 335 g/mol. The second kappa shape index (κ2) is 11.0. The number of aliphatic imine (C=N–C) groups is 1. The van der Waals surface area contributed by atoms with Crippen LogP contribution in [0.2, 0.25) is 0 Å². The first-order chi connectivity index (χ1) is 12.6. The quantitative estimate of drug-likeness (QED) is 0.560. The minimum absolute atomic E-state index is 0.259. The summed E-state index contributed by atoms with van der Waals surface area (Å²) in [5.41, 5.74) is 0. The normalized spacial score (nSPS) is 17.0. The maximum absolute atomic E-state index is 12.9. The summed E-state index contributed by atoms with van der Waals surface area (Å²) in [6.07, 6.45) is 0. The van der Waals surface area contributed by atoms with Gasteiger partial charge in [-0.3, -0.25) is 9.89 Å². The highest BCUT2D eigenvalue weighted by Crippen LogP contribution is 2.10. The van der Waals surface area contributed by atoms with Crippen molar-refractivity contribution in [3.05, 3.63) is 30.1 Å². The van der Waals surface area contributed by atoms with Crippen LogP contribution in [-0.4, -0.2) is 82.4 Å². The predicted octanol–water partition coefficient (Wildman–Crippen LogP) is 1.68. The maximum Gasteiger partial charge on any atom is 0.193 e. The van der Waals surface area contributed by atoms with Crippen LogP contribution < -0.4 is 10.1 Å². The minimum Gasteiger partial charge on any atom is -0.492 e. The Kier molecular flexibility index (Phi) is 8.64. The average molecular weight is 366 g/mol. The van der Waals surface area contributed by atoms with Crippen molar-refractivity contribution in [2.75, 3.05) is 66.6 Å². The minimum atomic E-state index is -0.259. The zero-order valence-electron chi connectivity index (χ0n) is 16.1. The number of hydrogen-bond acceptors (Lipinski definition) is 4. The molecule has 1 aliphatic rings. The van der Waals surface area contributed by atoms with Gasteiger partial charge in [0.15, 0.2) is 5.96 Å². The average Bonchev–Trinajstić information content (AvgIpc) is 2.64. The molecule has 1 aromatic carbocycles. The van der Waals surface area contributed by atoms with Crippen molar-refractivity contribution in [1.82, 2.24) is 15.1 Å². The van der Waals surface area contributed by atoms with Crippen LogP contribution in [0.5, 0.6) is 5.75 Å². The van der Waals surface area contributed by atoms with Gasteiger partial charge in [-0.25, -0.2) is 4.39 Å². The van der Waals surface area contributed by atoms with Crippen LogP contribution in [0.25, 0.3) is 0 Å². The van der Waals surface area contributed by atoms with Crippen LogP contribution in [0.1, 0.15) is 6.92 Å². The molecule has 26 heavy (non-hydrogen) atoms. The lowest BCUT2D eigenvalue weighted by molar-refractivity contribution is 0.0320. The molecule has 1 fully saturated rings. The van der Waals surface area contributed by atoms with Gasteiger partial charge in [0.1, 0.15) is 18.2 Å². The Bertz CT molecular complexity index is 547. The van der Waals surface area contributed by atoms with Crippen molar-refractivity contribution in [3.8, 4) is 5.75 Å². The summed E-state index contributed by atoms with van der Waals surface area (Å²) in [6, 6.07) is 6.07. The SMILES string of the molecule is CN=C(NCC(C)CN1CCOCC1)N(C)CCOc1ccc(F)cc1. The van der Waals surface area contributed by atoms with Crippen LogP contribution in [0.3, 0.4) is 0 Å². The summed E-state index contributed by atoms with van der Waals surface area (Å²) in [7, 11) is 3.77. The summed E-state index contributed by atoms with van der Waals surface area (Å²) < 4.78 is 23.9. The van der Waals surface area contributed by atoms with Crippen molar-refractivity contribution in [2.45, 2.75) is 6.92 Å². The molecule has 0 bridgehead atoms. The number of nitrogens with one attached hydrogen (secondary N) is 1. The molecular formula is C19H31FN4O2. The van der Waals surface area contributed by atoms with E-state index < -0.39 is 0 Å². The third kappa shape index (κ3) is 7.17. The first kappa shape index (κ1) is 20.5. The number of likely N-dealkylation sites (N-methyl/N-ethyl adjacent to an activating group) is 1. The van der Waals surface area contributed by atoms with Gasteiger partial charge in [0.05, 0.1) is 19.8 Å². The Morgan fingerprint density at radius 1 is 1.35 bits per heavy atom. The molecule has 1 N–H and O–H groups in total. The first-order valence-corrected chi connectivity index (χ1v) is 9.18. The zero-order valence-corrected chi connectivity index (χ0v) is 16.1. The summed E-state index contributed by atoms with van der Waals surface area (Å²) in [5.74, 6) is 1.78. The van der Waals surface area contributed by atoms with E-state index in [1.165, 1.54) is 12.1 Å². The van der Waals surface area contributed by atoms with Gasteiger partial charge < -0.3 is 19.7 Å². The van der Waals surface area contributed by atoms with E-state index >= 15 is 0 Å². The molecule has 1 aliphatic heterocycles. The van der Waals surface area contributed by atoms with E-state index in [4.69, 9.17) is 9.47 Å². The Labute approximate surface area is 156 Å². The lowest BCUT2D eigenvalue weighted by Gasteiger charge is -2.30. The van der Waals surface area contributed by atoms with Gasteiger partial charge in [-0.05, 0) is 30.2 Å². The van der Waals surface area contributed by atoms with Gasteiger partial charge in [-0.2, -0.15) is 0 Å². The smallest absolute Gasteiger partial charge is 0.193 e. The fourth-order valence-electron chi connectivity index (χ4n) is 2.88. The number of guanidine groups is 1. The van der Waals surface area contributed by atoms with Crippen molar-refractivity contribution < 1.29 is 13.9 Å². The number of morpholine rings is 1. The Balaban J connectivity index is 1.66. The van der Waals surface area contributed by atoms with Crippen molar-refractivity contribution in [1.29, 1.82) is 0 Å². The summed E-state index contributed by atoms with van der Waals surface area (Å²) in [6.45, 7) is 9.06. The number of halogens is 1. The number of rotatable bonds is 8. The second-order valence-electron chi connectivity index (χ2n) is 6.67. The summed E-state index contributed by atoms with van der Waals surface area (Å²) in [4.78, 5) is 8.81. The van der Waals surface area contributed by atoms with Crippen LogP contribution >= 0.6 is 0 Å². The van der Waals surface area contributed by atoms with Crippen LogP contribution in [0.4, 0.5) is 4.39 Å². The Morgan fingerprint density at radius 3 is 2.69 bits per heavy atom. The Morgan fingerprint density at radius 2 is 2.04 bits per heavy atom. The molecule has 1 saturated heterocycles. The summed E-state index contributed by atoms with van der Waals surface area (Å²) >= 11 is 0. The Hall–Kier alpha value is -1.86. The second-order valence-corrected chi connectivity index (χ2v) is 6.67. The molecule has 0 spiro atoms. The van der Waals surface area contributed by atoms with Gasteiger partial charge in [-0.1, -0.05) is 6.92 Å². The molecule has 0 saturated carbocycles. The van der Waals surface area contributed by atoms with Crippen molar-refractivity contribution >= 4 is 5.96 Å². The van der Waals surface area contributed by atoms with Crippen LogP contribution in [-0.2, 0) is 4.74 Å². The van der Waals surface area contributed by atoms with Crippen LogP contribution in [0, 0.1) is 11.7 Å². The summed E-state index contributed by atoms with van der Waals surface area (Å²) in [5, 5.41) is 3.43. The molecule has 1 atom stereocenters. The number of hydrogen-bond donors (Lipinski definition) is 1. The van der Waals surface area contributed by atoms with Crippen molar-refractivity contribution in [3.63, 3.8) is 0 Å². The molecule has 1 aromatic rings. The van der Waals surface area contributed by atoms with E-state index in [1.54, 1.807) is 19.2 Å². The molecule has 6 nitrogen and oxygen atoms in total. The third-order valence-electron chi connectivity index (χ3n) is 4.36. The molecule has 1 heterocycles. The molecule has 0 aromatic heterocycles. The van der Waals surface area contributed by atoms with Crippen LogP contribution in [0.15, 0.2) is 29.3 Å². The molecule has 7 heteroatoms. The van der Waals surface area contributed by atoms with Gasteiger partial charge in [0, 0.05) is 40.3 Å². The number of benzene rings is 1. The van der Waals surface area contributed by atoms with Gasteiger partial charge >= 0.3 is 0 Å². The monoisotopic (exact) mass is 366 g/mol. The standard InChI is InChI=1S/C19H31FN4O2/c1-16(15-24-9-11-25-12-10-24)14-22-19(21-2)23(3)8-13-26-18-6-4-17(20)5-7-18/h4-7,16H,8-15H2,1-3H3,(H,21,22). The molecule has 0 amide bonds. The lowest BCUT2D eigenvalue weighted by Crippen LogP contribution is -2.45. The van der Waals surface area contributed by atoms with E-state index in [0.717, 1.165) is 45.4 Å². The predicted molar refractivity (Wildman–Crippen MR) is 102 cm³/mol. The molecule has 146 valence electrons. The van der Waals surface area contributed by atoms with E-state index in [-0.39, 0.29) is 5.82 Å². The van der Waals surface area contributed by atoms with Gasteiger partial charge in [0.2, 0.25) is 0 Å². The fraction of sp³-hybridized carbons (Fsp3) is 0.632. The lowest BCUT2D eigenvalue weighted by atomic mass is 10.1.